The summed E-state index contributed by atoms with van der Waals surface area (Å²) in [5, 5.41) is -0.204. The molecule has 148 valence electrons. The zero-order valence-corrected chi connectivity index (χ0v) is 15.9. The molecule has 0 aromatic carbocycles. The fraction of sp³-hybridized carbons (Fsp3) is 1.00. The minimum Gasteiger partial charge on any atom is -0.324 e. The van der Waals surface area contributed by atoms with Crippen LogP contribution in [0.1, 0.15) is 6.42 Å². The van der Waals surface area contributed by atoms with Crippen LogP contribution < -0.4 is 5.32 Å². The molecule has 2 saturated heterocycles. The minimum absolute atomic E-state index is 0.129. The monoisotopic (exact) mass is 446 g/mol. The number of hydrogen-bond acceptors (Lipinski definition) is 6. The highest BCUT2D eigenvalue weighted by atomic mass is 31.2. The van der Waals surface area contributed by atoms with E-state index in [2.05, 4.69) is 5.32 Å². The average Bonchev–Trinajstić information content (AvgIpc) is 2.93. The molecule has 25 heavy (non-hydrogen) atoms. The van der Waals surface area contributed by atoms with Gasteiger partial charge < -0.3 is 39.1 Å². The summed E-state index contributed by atoms with van der Waals surface area (Å²) in [5.74, 6) is -2.07. The van der Waals surface area contributed by atoms with Gasteiger partial charge in [-0.25, -0.2) is 0 Å². The molecule has 2 fully saturated rings. The predicted molar refractivity (Wildman–Crippen MR) is 81.6 cm³/mol. The normalized spacial score (nSPS) is 32.5. The summed E-state index contributed by atoms with van der Waals surface area (Å²) in [7, 11) is -20.2. The van der Waals surface area contributed by atoms with E-state index < -0.39 is 59.4 Å². The first-order valence-electron chi connectivity index (χ1n) is 6.61. The Labute approximate surface area is 140 Å². The maximum absolute atomic E-state index is 11.8. The standard InChI is InChI=1S/C7H18N2O12P4/c10-22(11,12)3-5(24(16,17)18)9-2-1-6(9)7(8-6,25(19,20)21)4-23(13,14)15/h5,8H,1-4H2,(H2,10,11,12)(H2,13,14,15)(H2,16,17,18)(H2,19,20,21). The minimum atomic E-state index is -5.21. The lowest BCUT2D eigenvalue weighted by molar-refractivity contribution is 0.0336. The average molecular weight is 446 g/mol. The van der Waals surface area contributed by atoms with Gasteiger partial charge in [-0.3, -0.25) is 28.5 Å². The molecule has 2 heterocycles. The summed E-state index contributed by atoms with van der Waals surface area (Å²) in [6.45, 7) is -0.189. The maximum atomic E-state index is 11.8. The molecule has 3 unspecified atom stereocenters. The Morgan fingerprint density at radius 3 is 1.72 bits per heavy atom. The molecule has 0 bridgehead atoms. The number of likely N-dealkylation sites (tertiary alicyclic amines) is 1. The van der Waals surface area contributed by atoms with Crippen molar-refractivity contribution in [2.75, 3.05) is 18.9 Å². The first-order valence-corrected chi connectivity index (χ1v) is 13.5. The van der Waals surface area contributed by atoms with Crippen molar-refractivity contribution < 1.29 is 57.4 Å². The van der Waals surface area contributed by atoms with Crippen molar-refractivity contribution in [2.24, 2.45) is 0 Å². The van der Waals surface area contributed by atoms with Crippen LogP contribution in [0.4, 0.5) is 0 Å². The summed E-state index contributed by atoms with van der Waals surface area (Å²) in [4.78, 5) is 74.9. The van der Waals surface area contributed by atoms with Gasteiger partial charge in [0.25, 0.3) is 0 Å². The lowest BCUT2D eigenvalue weighted by Crippen LogP contribution is -2.61. The van der Waals surface area contributed by atoms with Crippen LogP contribution in [-0.2, 0) is 18.3 Å². The quantitative estimate of drug-likeness (QED) is 0.148. The van der Waals surface area contributed by atoms with Crippen molar-refractivity contribution in [3.8, 4) is 0 Å². The van der Waals surface area contributed by atoms with Crippen LogP contribution in [0.25, 0.3) is 0 Å². The van der Waals surface area contributed by atoms with Crippen molar-refractivity contribution in [2.45, 2.75) is 23.1 Å². The molecular formula is C7H18N2O12P4. The second-order valence-corrected chi connectivity index (χ2v) is 13.0. The van der Waals surface area contributed by atoms with Crippen molar-refractivity contribution in [3.05, 3.63) is 0 Å². The zero-order chi connectivity index (χ0) is 19.7. The van der Waals surface area contributed by atoms with E-state index in [1.807, 2.05) is 0 Å². The molecule has 2 rings (SSSR count). The van der Waals surface area contributed by atoms with E-state index in [1.165, 1.54) is 0 Å². The number of rotatable bonds is 7. The van der Waals surface area contributed by atoms with E-state index in [4.69, 9.17) is 19.6 Å². The highest BCUT2D eigenvalue weighted by molar-refractivity contribution is 7.58. The van der Waals surface area contributed by atoms with Crippen LogP contribution >= 0.6 is 30.4 Å². The smallest absolute Gasteiger partial charge is 0.324 e. The number of nitrogens with zero attached hydrogens (tertiary/aromatic N) is 1. The van der Waals surface area contributed by atoms with Crippen molar-refractivity contribution in [1.82, 2.24) is 10.2 Å². The molecule has 0 saturated carbocycles. The molecule has 3 atom stereocenters. The Morgan fingerprint density at radius 2 is 1.44 bits per heavy atom. The molecule has 0 aromatic heterocycles. The summed E-state index contributed by atoms with van der Waals surface area (Å²) in [5.41, 5.74) is -1.87. The van der Waals surface area contributed by atoms with Crippen molar-refractivity contribution >= 4 is 30.4 Å². The third-order valence-corrected chi connectivity index (χ3v) is 9.44. The Morgan fingerprint density at radius 1 is 0.920 bits per heavy atom. The first-order chi connectivity index (χ1) is 10.8. The second kappa shape index (κ2) is 6.01. The Kier molecular flexibility index (Phi) is 5.24. The van der Waals surface area contributed by atoms with Gasteiger partial charge in [-0.05, 0) is 6.42 Å². The third kappa shape index (κ3) is 4.03. The molecule has 0 aromatic rings. The van der Waals surface area contributed by atoms with Gasteiger partial charge in [-0.2, -0.15) is 0 Å². The van der Waals surface area contributed by atoms with E-state index in [0.29, 0.717) is 0 Å². The van der Waals surface area contributed by atoms with Crippen LogP contribution in [0.2, 0.25) is 0 Å². The van der Waals surface area contributed by atoms with Gasteiger partial charge in [-0.15, -0.1) is 0 Å². The predicted octanol–water partition coefficient (Wildman–Crippen LogP) is -2.28. The lowest BCUT2D eigenvalue weighted by Gasteiger charge is -2.47. The van der Waals surface area contributed by atoms with Crippen LogP contribution in [-0.4, -0.2) is 79.6 Å². The molecule has 9 N–H and O–H groups in total. The molecule has 1 spiro atoms. The van der Waals surface area contributed by atoms with Gasteiger partial charge in [-0.1, -0.05) is 0 Å². The van der Waals surface area contributed by atoms with Gasteiger partial charge in [0.05, 0.1) is 12.3 Å². The van der Waals surface area contributed by atoms with Gasteiger partial charge in [0.1, 0.15) is 11.4 Å². The Bertz CT molecular complexity index is 749. The lowest BCUT2D eigenvalue weighted by atomic mass is 9.99. The van der Waals surface area contributed by atoms with Crippen LogP contribution in [0.15, 0.2) is 0 Å². The van der Waals surface area contributed by atoms with Gasteiger partial charge in [0.2, 0.25) is 0 Å². The van der Waals surface area contributed by atoms with Crippen molar-refractivity contribution in [1.29, 1.82) is 0 Å². The third-order valence-electron chi connectivity index (χ3n) is 4.32. The van der Waals surface area contributed by atoms with Crippen molar-refractivity contribution in [3.63, 3.8) is 0 Å². The fourth-order valence-corrected chi connectivity index (χ4v) is 9.30. The molecule has 14 nitrogen and oxygen atoms in total. The van der Waals surface area contributed by atoms with Crippen LogP contribution in [0, 0.1) is 0 Å². The molecule has 0 amide bonds. The topological polar surface area (TPSA) is 255 Å². The zero-order valence-electron chi connectivity index (χ0n) is 12.4. The van der Waals surface area contributed by atoms with E-state index in [1.54, 1.807) is 0 Å². The largest absolute Gasteiger partial charge is 0.349 e. The molecule has 0 aliphatic carbocycles. The SMILES string of the molecule is O=P(O)(O)CC(N1CCC12NC2(CP(=O)(O)O)P(=O)(O)O)P(=O)(O)O. The highest BCUT2D eigenvalue weighted by Crippen LogP contribution is 2.73. The number of hydrogen-bond donors (Lipinski definition) is 9. The summed E-state index contributed by atoms with van der Waals surface area (Å²) in [6, 6.07) is 0. The van der Waals surface area contributed by atoms with E-state index in [9.17, 15) is 37.8 Å². The summed E-state index contributed by atoms with van der Waals surface area (Å²) >= 11 is 0. The van der Waals surface area contributed by atoms with Crippen LogP contribution in [0.5, 0.6) is 0 Å². The second-order valence-electron chi connectivity index (χ2n) is 6.07. The maximum Gasteiger partial charge on any atom is 0.349 e. The molecule has 0 radical (unpaired) electrons. The van der Waals surface area contributed by atoms with Gasteiger partial charge in [0.15, 0.2) is 5.28 Å². The summed E-state index contributed by atoms with van der Waals surface area (Å²) < 4.78 is 45.9. The highest BCUT2D eigenvalue weighted by Gasteiger charge is 2.84. The van der Waals surface area contributed by atoms with E-state index in [-0.39, 0.29) is 13.0 Å². The molecule has 2 aliphatic rings. The van der Waals surface area contributed by atoms with E-state index in [0.717, 1.165) is 4.90 Å². The molecule has 18 heteroatoms. The Hall–Kier alpha value is 0.520. The molecular weight excluding hydrogens is 428 g/mol. The van der Waals surface area contributed by atoms with Crippen LogP contribution in [0.3, 0.4) is 0 Å². The van der Waals surface area contributed by atoms with E-state index >= 15 is 0 Å². The molecule has 2 aliphatic heterocycles. The number of nitrogens with one attached hydrogen (secondary N) is 1. The Balaban J connectivity index is 2.43. The van der Waals surface area contributed by atoms with Gasteiger partial charge in [0, 0.05) is 6.54 Å². The fourth-order valence-electron chi connectivity index (χ4n) is 3.23. The summed E-state index contributed by atoms with van der Waals surface area (Å²) in [6.07, 6.45) is -2.71. The van der Waals surface area contributed by atoms with Gasteiger partial charge >= 0.3 is 30.4 Å². The first kappa shape index (κ1) is 21.8.